The van der Waals surface area contributed by atoms with Crippen LogP contribution in [0.5, 0.6) is 0 Å². The zero-order valence-electron chi connectivity index (χ0n) is 19.7. The number of benzene rings is 1. The number of aromatic nitrogens is 2. The van der Waals surface area contributed by atoms with Gasteiger partial charge in [0.25, 0.3) is 10.0 Å². The van der Waals surface area contributed by atoms with Crippen LogP contribution >= 0.6 is 0 Å². The fourth-order valence-electron chi connectivity index (χ4n) is 3.46. The maximum Gasteiger partial charge on any atom is 0.323 e. The Bertz CT molecular complexity index is 1260. The molecule has 1 aromatic carbocycles. The molecule has 0 amide bonds. The molecule has 3 rings (SSSR count). The fourth-order valence-corrected chi connectivity index (χ4v) is 4.76. The predicted octanol–water partition coefficient (Wildman–Crippen LogP) is 4.18. The molecule has 33 heavy (non-hydrogen) atoms. The second-order valence-corrected chi connectivity index (χ2v) is 11.2. The number of carbonyl (C=O) groups is 1. The standard InChI is InChI=1S/C24H30FN3O4S/c1-15(2)21(23(29)32-24(4,5)6)26-13-19-18-11-12-28(22(18)27-14-20(19)25)33(30,31)17-9-7-16(3)8-10-17/h7-12,14-15,21,26H,13H2,1-6H3/t21-/m1/s1. The van der Waals surface area contributed by atoms with Gasteiger partial charge in [0.2, 0.25) is 0 Å². The number of pyridine rings is 1. The summed E-state index contributed by atoms with van der Waals surface area (Å²) in [6, 6.07) is 7.33. The first-order valence-electron chi connectivity index (χ1n) is 10.7. The molecule has 0 spiro atoms. The van der Waals surface area contributed by atoms with Crippen molar-refractivity contribution in [3.8, 4) is 0 Å². The van der Waals surface area contributed by atoms with Crippen molar-refractivity contribution in [1.29, 1.82) is 0 Å². The number of hydrogen-bond donors (Lipinski definition) is 1. The number of hydrogen-bond acceptors (Lipinski definition) is 6. The average molecular weight is 476 g/mol. The molecule has 0 fully saturated rings. The summed E-state index contributed by atoms with van der Waals surface area (Å²) in [5, 5.41) is 3.43. The molecule has 1 atom stereocenters. The highest BCUT2D eigenvalue weighted by atomic mass is 32.2. The molecule has 0 aliphatic heterocycles. The van der Waals surface area contributed by atoms with Crippen molar-refractivity contribution in [1.82, 2.24) is 14.3 Å². The molecule has 0 aliphatic rings. The average Bonchev–Trinajstić information content (AvgIpc) is 3.13. The molecule has 0 bridgehead atoms. The monoisotopic (exact) mass is 475 g/mol. The van der Waals surface area contributed by atoms with Gasteiger partial charge in [-0.05, 0) is 51.8 Å². The Morgan fingerprint density at radius 2 is 1.82 bits per heavy atom. The Labute approximate surface area is 194 Å². The lowest BCUT2D eigenvalue weighted by molar-refractivity contribution is -0.158. The van der Waals surface area contributed by atoms with E-state index in [1.165, 1.54) is 24.4 Å². The van der Waals surface area contributed by atoms with E-state index in [1.54, 1.807) is 32.9 Å². The number of nitrogens with one attached hydrogen (secondary N) is 1. The third-order valence-corrected chi connectivity index (χ3v) is 6.82. The van der Waals surface area contributed by atoms with Crippen LogP contribution in [0.25, 0.3) is 11.0 Å². The molecule has 1 N–H and O–H groups in total. The van der Waals surface area contributed by atoms with E-state index in [4.69, 9.17) is 4.74 Å². The topological polar surface area (TPSA) is 90.3 Å². The second kappa shape index (κ2) is 9.23. The minimum atomic E-state index is -3.91. The quantitative estimate of drug-likeness (QED) is 0.516. The van der Waals surface area contributed by atoms with Crippen molar-refractivity contribution < 1.29 is 22.3 Å². The molecule has 178 valence electrons. The first-order valence-corrected chi connectivity index (χ1v) is 12.2. The van der Waals surface area contributed by atoms with E-state index in [-0.39, 0.29) is 28.6 Å². The minimum absolute atomic E-state index is 0.00152. The molecule has 2 heterocycles. The Kier molecular flexibility index (Phi) is 6.95. The van der Waals surface area contributed by atoms with Gasteiger partial charge >= 0.3 is 5.97 Å². The summed E-state index contributed by atoms with van der Waals surface area (Å²) in [6.07, 6.45) is 2.36. The zero-order chi connectivity index (χ0) is 24.6. The van der Waals surface area contributed by atoms with E-state index in [9.17, 15) is 17.6 Å². The van der Waals surface area contributed by atoms with Gasteiger partial charge in [0.1, 0.15) is 17.5 Å². The van der Waals surface area contributed by atoms with Gasteiger partial charge in [-0.3, -0.25) is 10.1 Å². The number of halogens is 1. The van der Waals surface area contributed by atoms with Crippen LogP contribution in [-0.4, -0.2) is 35.0 Å². The summed E-state index contributed by atoms with van der Waals surface area (Å²) in [6.45, 7) is 11.0. The summed E-state index contributed by atoms with van der Waals surface area (Å²) in [7, 11) is -3.91. The van der Waals surface area contributed by atoms with Crippen molar-refractivity contribution >= 4 is 27.0 Å². The lowest BCUT2D eigenvalue weighted by atomic mass is 10.0. The van der Waals surface area contributed by atoms with Crippen molar-refractivity contribution in [3.05, 3.63) is 59.7 Å². The predicted molar refractivity (Wildman–Crippen MR) is 125 cm³/mol. The Morgan fingerprint density at radius 1 is 1.18 bits per heavy atom. The van der Waals surface area contributed by atoms with Gasteiger partial charge in [-0.1, -0.05) is 31.5 Å². The van der Waals surface area contributed by atoms with Gasteiger partial charge < -0.3 is 4.74 Å². The highest BCUT2D eigenvalue weighted by molar-refractivity contribution is 7.90. The van der Waals surface area contributed by atoms with E-state index in [1.807, 2.05) is 20.8 Å². The van der Waals surface area contributed by atoms with Gasteiger partial charge in [-0.2, -0.15) is 0 Å². The largest absolute Gasteiger partial charge is 0.459 e. The molecule has 3 aromatic rings. The lowest BCUT2D eigenvalue weighted by Gasteiger charge is -2.26. The smallest absolute Gasteiger partial charge is 0.323 e. The third kappa shape index (κ3) is 5.42. The summed E-state index contributed by atoms with van der Waals surface area (Å²) >= 11 is 0. The Hall–Kier alpha value is -2.78. The van der Waals surface area contributed by atoms with Gasteiger partial charge in [0, 0.05) is 23.7 Å². The molecule has 7 nitrogen and oxygen atoms in total. The normalized spacial score (nSPS) is 13.5. The van der Waals surface area contributed by atoms with E-state index in [0.717, 1.165) is 15.7 Å². The molecular weight excluding hydrogens is 445 g/mol. The summed E-state index contributed by atoms with van der Waals surface area (Å²) in [5.74, 6) is -1.12. The number of fused-ring (bicyclic) bond motifs is 1. The number of nitrogens with zero attached hydrogens (tertiary/aromatic N) is 2. The highest BCUT2D eigenvalue weighted by Gasteiger charge is 2.28. The first kappa shape index (κ1) is 24.9. The number of carbonyl (C=O) groups excluding carboxylic acids is 1. The van der Waals surface area contributed by atoms with Gasteiger partial charge in [0.15, 0.2) is 5.65 Å². The third-order valence-electron chi connectivity index (χ3n) is 5.14. The summed E-state index contributed by atoms with van der Waals surface area (Å²) in [5.41, 5.74) is 0.631. The lowest BCUT2D eigenvalue weighted by Crippen LogP contribution is -2.44. The SMILES string of the molecule is Cc1ccc(S(=O)(=O)n2ccc3c(CN[C@@H](C(=O)OC(C)(C)C)C(C)C)c(F)cnc32)cc1. The molecule has 0 radical (unpaired) electrons. The number of ether oxygens (including phenoxy) is 1. The van der Waals surface area contributed by atoms with E-state index >= 15 is 0 Å². The minimum Gasteiger partial charge on any atom is -0.459 e. The Morgan fingerprint density at radius 3 is 2.39 bits per heavy atom. The van der Waals surface area contributed by atoms with E-state index in [0.29, 0.717) is 5.39 Å². The van der Waals surface area contributed by atoms with Crippen LogP contribution < -0.4 is 5.32 Å². The van der Waals surface area contributed by atoms with Crippen LogP contribution in [-0.2, 0) is 26.1 Å². The maximum absolute atomic E-state index is 14.7. The highest BCUT2D eigenvalue weighted by Crippen LogP contribution is 2.25. The molecule has 0 unspecified atom stereocenters. The van der Waals surface area contributed by atoms with E-state index < -0.39 is 33.5 Å². The van der Waals surface area contributed by atoms with Gasteiger partial charge in [-0.25, -0.2) is 21.8 Å². The fraction of sp³-hybridized carbons (Fsp3) is 0.417. The summed E-state index contributed by atoms with van der Waals surface area (Å²) in [4.78, 5) is 16.8. The van der Waals surface area contributed by atoms with Crippen LogP contribution in [0.15, 0.2) is 47.6 Å². The maximum atomic E-state index is 14.7. The molecular formula is C24H30FN3O4S. The van der Waals surface area contributed by atoms with Crippen LogP contribution in [0.2, 0.25) is 0 Å². The van der Waals surface area contributed by atoms with Gasteiger partial charge in [0.05, 0.1) is 11.1 Å². The van der Waals surface area contributed by atoms with Crippen LogP contribution in [0.4, 0.5) is 4.39 Å². The number of aryl methyl sites for hydroxylation is 1. The van der Waals surface area contributed by atoms with Crippen molar-refractivity contribution in [2.24, 2.45) is 5.92 Å². The molecule has 0 saturated carbocycles. The van der Waals surface area contributed by atoms with Crippen LogP contribution in [0.1, 0.15) is 45.7 Å². The van der Waals surface area contributed by atoms with Crippen LogP contribution in [0, 0.1) is 18.7 Å². The van der Waals surface area contributed by atoms with E-state index in [2.05, 4.69) is 10.3 Å². The van der Waals surface area contributed by atoms with Crippen molar-refractivity contribution in [2.75, 3.05) is 0 Å². The number of esters is 1. The molecule has 2 aromatic heterocycles. The molecule has 0 saturated heterocycles. The first-order chi connectivity index (χ1) is 15.3. The Balaban J connectivity index is 1.95. The van der Waals surface area contributed by atoms with Crippen molar-refractivity contribution in [3.63, 3.8) is 0 Å². The molecule has 0 aliphatic carbocycles. The zero-order valence-corrected chi connectivity index (χ0v) is 20.5. The second-order valence-electron chi connectivity index (χ2n) is 9.39. The summed E-state index contributed by atoms with van der Waals surface area (Å²) < 4.78 is 47.6. The van der Waals surface area contributed by atoms with Crippen molar-refractivity contribution in [2.45, 2.75) is 64.6 Å². The van der Waals surface area contributed by atoms with Crippen LogP contribution in [0.3, 0.4) is 0 Å². The van der Waals surface area contributed by atoms with Gasteiger partial charge in [-0.15, -0.1) is 0 Å². The molecule has 9 heteroatoms. The number of rotatable bonds is 7.